The number of rotatable bonds is 25. The van der Waals surface area contributed by atoms with Crippen LogP contribution in [0.4, 0.5) is 5.82 Å². The van der Waals surface area contributed by atoms with Gasteiger partial charge in [-0.3, -0.25) is 28.0 Å². The van der Waals surface area contributed by atoms with Crippen molar-refractivity contribution in [1.29, 1.82) is 0 Å². The quantitative estimate of drug-likeness (QED) is 0.0686. The summed E-state index contributed by atoms with van der Waals surface area (Å²) in [6.07, 6.45) is 14.9. The Hall–Kier alpha value is -2.69. The van der Waals surface area contributed by atoms with Crippen LogP contribution >= 0.6 is 7.82 Å². The number of aryl methyl sites for hydroxylation is 1. The zero-order valence-electron chi connectivity index (χ0n) is 31.2. The van der Waals surface area contributed by atoms with E-state index in [9.17, 15) is 34.1 Å². The molecule has 17 heteroatoms. The fourth-order valence-corrected chi connectivity index (χ4v) is 7.77. The van der Waals surface area contributed by atoms with Gasteiger partial charge >= 0.3 is 19.2 Å². The number of H-pyrrole nitrogens is 1. The minimum absolute atomic E-state index is 0.0268. The molecule has 2 aromatic heterocycles. The molecule has 0 radical (unpaired) electrons. The average Bonchev–Trinajstić information content (AvgIpc) is 3.70. The molecule has 7 unspecified atom stereocenters. The molecular formula is C36H60N5O11P. The molecule has 5 N–H and O–H groups in total. The van der Waals surface area contributed by atoms with Crippen LogP contribution in [0.3, 0.4) is 0 Å². The van der Waals surface area contributed by atoms with E-state index in [4.69, 9.17) is 18.5 Å². The highest BCUT2D eigenvalue weighted by Crippen LogP contribution is 2.49. The van der Waals surface area contributed by atoms with Crippen LogP contribution in [0, 0.1) is 0 Å². The highest BCUT2D eigenvalue weighted by molar-refractivity contribution is 7.47. The normalized spacial score (nSPS) is 24.1. The lowest BCUT2D eigenvalue weighted by Gasteiger charge is -2.22. The van der Waals surface area contributed by atoms with Gasteiger partial charge in [-0.25, -0.2) is 14.2 Å². The molecule has 0 spiro atoms. The van der Waals surface area contributed by atoms with E-state index < -0.39 is 74.8 Å². The van der Waals surface area contributed by atoms with Crippen LogP contribution in [0.15, 0.2) is 32.8 Å². The SMILES string of the molecule is CCCCCCCCCCCCCCCCNc1ccn(C2CC(OP(=O)(O)OCC3OC(n4cc(CC)c(=O)[nH]c4=O)CC3O)C(CO)O2)c(=O)n1. The van der Waals surface area contributed by atoms with Gasteiger partial charge in [0.25, 0.3) is 5.56 Å². The lowest BCUT2D eigenvalue weighted by molar-refractivity contribution is -0.0575. The molecule has 2 aliphatic rings. The second-order valence-corrected chi connectivity index (χ2v) is 15.5. The van der Waals surface area contributed by atoms with Gasteiger partial charge in [-0.1, -0.05) is 97.3 Å². The number of nitrogens with zero attached hydrogens (tertiary/aromatic N) is 3. The van der Waals surface area contributed by atoms with Crippen LogP contribution in [0.25, 0.3) is 0 Å². The Morgan fingerprint density at radius 1 is 0.906 bits per heavy atom. The number of anilines is 1. The Morgan fingerprint density at radius 3 is 2.11 bits per heavy atom. The molecule has 0 aromatic carbocycles. The fourth-order valence-electron chi connectivity index (χ4n) is 6.81. The third-order valence-corrected chi connectivity index (χ3v) is 11.0. The van der Waals surface area contributed by atoms with E-state index in [-0.39, 0.29) is 12.8 Å². The largest absolute Gasteiger partial charge is 0.472 e. The molecule has 7 atom stereocenters. The molecule has 2 aromatic rings. The van der Waals surface area contributed by atoms with Crippen molar-refractivity contribution in [2.75, 3.05) is 25.1 Å². The first-order valence-electron chi connectivity index (χ1n) is 19.5. The lowest BCUT2D eigenvalue weighted by Crippen LogP contribution is -2.34. The van der Waals surface area contributed by atoms with E-state index in [1.54, 1.807) is 13.0 Å². The van der Waals surface area contributed by atoms with Crippen molar-refractivity contribution in [2.24, 2.45) is 0 Å². The van der Waals surface area contributed by atoms with Gasteiger partial charge in [0, 0.05) is 37.3 Å². The highest BCUT2D eigenvalue weighted by Gasteiger charge is 2.43. The van der Waals surface area contributed by atoms with Gasteiger partial charge in [-0.2, -0.15) is 4.98 Å². The number of aliphatic hydroxyl groups excluding tert-OH is 2. The predicted molar refractivity (Wildman–Crippen MR) is 199 cm³/mol. The van der Waals surface area contributed by atoms with Gasteiger partial charge in [0.15, 0.2) is 0 Å². The first kappa shape index (κ1) is 43.0. The molecule has 4 rings (SSSR count). The van der Waals surface area contributed by atoms with Crippen LogP contribution in [0.2, 0.25) is 0 Å². The number of phosphoric acid groups is 1. The molecule has 2 saturated heterocycles. The summed E-state index contributed by atoms with van der Waals surface area (Å²) in [6, 6.07) is 1.65. The molecule has 4 heterocycles. The van der Waals surface area contributed by atoms with Gasteiger partial charge in [-0.05, 0) is 18.9 Å². The van der Waals surface area contributed by atoms with E-state index >= 15 is 0 Å². The number of aliphatic hydroxyl groups is 2. The van der Waals surface area contributed by atoms with Crippen molar-refractivity contribution in [3.8, 4) is 0 Å². The zero-order valence-corrected chi connectivity index (χ0v) is 32.1. The first-order chi connectivity index (χ1) is 25.5. The zero-order chi connectivity index (χ0) is 38.2. The van der Waals surface area contributed by atoms with E-state index in [1.807, 2.05) is 0 Å². The number of hydrogen-bond acceptors (Lipinski definition) is 12. The van der Waals surface area contributed by atoms with Gasteiger partial charge < -0.3 is 29.9 Å². The number of ether oxygens (including phenoxy) is 2. The Kier molecular flexibility index (Phi) is 17.9. The van der Waals surface area contributed by atoms with Crippen molar-refractivity contribution in [3.63, 3.8) is 0 Å². The molecular weight excluding hydrogens is 709 g/mol. The number of aromatic amines is 1. The predicted octanol–water partition coefficient (Wildman–Crippen LogP) is 4.68. The Labute approximate surface area is 310 Å². The molecule has 2 aliphatic heterocycles. The minimum atomic E-state index is -4.78. The third kappa shape index (κ3) is 13.5. The molecule has 0 aliphatic carbocycles. The third-order valence-electron chi connectivity index (χ3n) is 9.94. The summed E-state index contributed by atoms with van der Waals surface area (Å²) in [5.41, 5.74) is -1.46. The Morgan fingerprint density at radius 2 is 1.51 bits per heavy atom. The van der Waals surface area contributed by atoms with Gasteiger partial charge in [0.05, 0.1) is 19.3 Å². The van der Waals surface area contributed by atoms with E-state index in [2.05, 4.69) is 22.2 Å². The second kappa shape index (κ2) is 22.0. The second-order valence-electron chi connectivity index (χ2n) is 14.1. The molecule has 0 saturated carbocycles. The smallest absolute Gasteiger partial charge is 0.394 e. The first-order valence-corrected chi connectivity index (χ1v) is 21.0. The Balaban J connectivity index is 1.15. The number of nitrogens with one attached hydrogen (secondary N) is 2. The molecule has 0 amide bonds. The highest BCUT2D eigenvalue weighted by atomic mass is 31.2. The Bertz CT molecular complexity index is 1620. The van der Waals surface area contributed by atoms with Gasteiger partial charge in [0.2, 0.25) is 0 Å². The van der Waals surface area contributed by atoms with Crippen LogP contribution in [0.5, 0.6) is 0 Å². The van der Waals surface area contributed by atoms with Crippen LogP contribution < -0.4 is 22.3 Å². The minimum Gasteiger partial charge on any atom is -0.394 e. The van der Waals surface area contributed by atoms with Crippen LogP contribution in [-0.2, 0) is 29.5 Å². The fraction of sp³-hybridized carbons (Fsp3) is 0.778. The van der Waals surface area contributed by atoms with Crippen molar-refractivity contribution in [3.05, 3.63) is 55.3 Å². The standard InChI is InChI=1S/C36H60N5O11P/c1-3-5-6-7-8-9-10-11-12-13-14-15-16-17-19-37-31-18-20-40(35(45)38-31)33-22-28(29(24-42)50-33)52-53(47,48)49-25-30-27(43)21-32(51-30)41-23-26(4-2)34(44)39-36(41)46/h18,20,23,27-30,32-33,42-43H,3-17,19,21-22,24-25H2,1-2H3,(H,47,48)(H,37,38,45)(H,39,44,46). The summed E-state index contributed by atoms with van der Waals surface area (Å²) in [6.45, 7) is 3.59. The monoisotopic (exact) mass is 769 g/mol. The maximum Gasteiger partial charge on any atom is 0.472 e. The number of unbranched alkanes of at least 4 members (excludes halogenated alkanes) is 13. The summed E-state index contributed by atoms with van der Waals surface area (Å²) in [5.74, 6) is 0.438. The van der Waals surface area contributed by atoms with E-state index in [0.717, 1.165) is 17.4 Å². The van der Waals surface area contributed by atoms with Gasteiger partial charge in [-0.15, -0.1) is 0 Å². The van der Waals surface area contributed by atoms with Crippen molar-refractivity contribution >= 4 is 13.6 Å². The molecule has 300 valence electrons. The van der Waals surface area contributed by atoms with Crippen LogP contribution in [0.1, 0.15) is 135 Å². The summed E-state index contributed by atoms with van der Waals surface area (Å²) in [7, 11) is -4.78. The number of aromatic nitrogens is 4. The summed E-state index contributed by atoms with van der Waals surface area (Å²) < 4.78 is 37.3. The summed E-state index contributed by atoms with van der Waals surface area (Å²) >= 11 is 0. The molecule has 2 fully saturated rings. The molecule has 16 nitrogen and oxygen atoms in total. The maximum atomic E-state index is 12.9. The number of phosphoric ester groups is 1. The summed E-state index contributed by atoms with van der Waals surface area (Å²) in [5, 5.41) is 23.6. The number of hydrogen-bond donors (Lipinski definition) is 5. The molecule has 53 heavy (non-hydrogen) atoms. The topological polar surface area (TPSA) is 216 Å². The van der Waals surface area contributed by atoms with Crippen molar-refractivity contribution in [2.45, 2.75) is 160 Å². The van der Waals surface area contributed by atoms with Crippen molar-refractivity contribution < 1.29 is 38.2 Å². The van der Waals surface area contributed by atoms with E-state index in [1.165, 1.54) is 94.0 Å². The lowest BCUT2D eigenvalue weighted by atomic mass is 10.0. The maximum absolute atomic E-state index is 12.9. The average molecular weight is 770 g/mol. The van der Waals surface area contributed by atoms with Crippen LogP contribution in [-0.4, -0.2) is 78.4 Å². The molecule has 0 bridgehead atoms. The van der Waals surface area contributed by atoms with Crippen molar-refractivity contribution in [1.82, 2.24) is 19.1 Å². The summed E-state index contributed by atoms with van der Waals surface area (Å²) in [4.78, 5) is 53.9. The van der Waals surface area contributed by atoms with Gasteiger partial charge in [0.1, 0.15) is 36.6 Å². The van der Waals surface area contributed by atoms with E-state index in [0.29, 0.717) is 24.3 Å².